The van der Waals surface area contributed by atoms with Gasteiger partial charge in [0.25, 0.3) is 0 Å². The summed E-state index contributed by atoms with van der Waals surface area (Å²) in [6.07, 6.45) is 2.08. The standard InChI is InChI=1S/C14H22N2OS/c1-3-4-13-7-12(10-17)8-14(15-13)16-5-6-18-11(2)9-16/h7-8,11,17H,3-6,9-10H2,1-2H3. The highest BCUT2D eigenvalue weighted by Gasteiger charge is 2.18. The van der Waals surface area contributed by atoms with Crippen LogP contribution in [0, 0.1) is 0 Å². The molecule has 0 amide bonds. The van der Waals surface area contributed by atoms with Gasteiger partial charge in [-0.05, 0) is 24.1 Å². The van der Waals surface area contributed by atoms with Gasteiger partial charge in [-0.2, -0.15) is 11.8 Å². The highest BCUT2D eigenvalue weighted by atomic mass is 32.2. The van der Waals surface area contributed by atoms with E-state index in [0.29, 0.717) is 5.25 Å². The average Bonchev–Trinajstić information content (AvgIpc) is 2.39. The molecule has 18 heavy (non-hydrogen) atoms. The van der Waals surface area contributed by atoms with Crippen LogP contribution in [0.2, 0.25) is 0 Å². The summed E-state index contributed by atoms with van der Waals surface area (Å²) in [5.74, 6) is 2.20. The predicted octanol–water partition coefficient (Wildman–Crippen LogP) is 2.47. The highest BCUT2D eigenvalue weighted by Crippen LogP contribution is 2.24. The topological polar surface area (TPSA) is 36.4 Å². The molecule has 0 bridgehead atoms. The summed E-state index contributed by atoms with van der Waals surface area (Å²) in [6, 6.07) is 4.05. The fraction of sp³-hybridized carbons (Fsp3) is 0.643. The molecule has 1 saturated heterocycles. The van der Waals surface area contributed by atoms with E-state index in [1.54, 1.807) is 0 Å². The molecule has 1 N–H and O–H groups in total. The Morgan fingerprint density at radius 2 is 2.33 bits per heavy atom. The van der Waals surface area contributed by atoms with E-state index < -0.39 is 0 Å². The Labute approximate surface area is 114 Å². The molecule has 0 radical (unpaired) electrons. The van der Waals surface area contributed by atoms with Crippen LogP contribution in [-0.4, -0.2) is 34.2 Å². The fourth-order valence-electron chi connectivity index (χ4n) is 2.30. The van der Waals surface area contributed by atoms with Crippen molar-refractivity contribution in [3.05, 3.63) is 23.4 Å². The Bertz CT molecular complexity index is 397. The molecule has 2 heterocycles. The predicted molar refractivity (Wildman–Crippen MR) is 78.3 cm³/mol. The molecule has 1 fully saturated rings. The first-order valence-electron chi connectivity index (χ1n) is 6.70. The van der Waals surface area contributed by atoms with Crippen LogP contribution in [0.5, 0.6) is 0 Å². The van der Waals surface area contributed by atoms with Crippen molar-refractivity contribution < 1.29 is 5.11 Å². The van der Waals surface area contributed by atoms with Gasteiger partial charge in [-0.25, -0.2) is 4.98 Å². The number of hydrogen-bond donors (Lipinski definition) is 1. The van der Waals surface area contributed by atoms with Gasteiger partial charge in [0.2, 0.25) is 0 Å². The Hall–Kier alpha value is -0.740. The average molecular weight is 266 g/mol. The first-order valence-corrected chi connectivity index (χ1v) is 7.75. The summed E-state index contributed by atoms with van der Waals surface area (Å²) >= 11 is 2.02. The second kappa shape index (κ2) is 6.43. The molecule has 3 nitrogen and oxygen atoms in total. The zero-order chi connectivity index (χ0) is 13.0. The van der Waals surface area contributed by atoms with Crippen LogP contribution in [0.4, 0.5) is 5.82 Å². The highest BCUT2D eigenvalue weighted by molar-refractivity contribution is 8.00. The molecule has 1 unspecified atom stereocenters. The molecule has 1 aliphatic heterocycles. The molecule has 1 atom stereocenters. The van der Waals surface area contributed by atoms with E-state index in [1.807, 2.05) is 23.9 Å². The van der Waals surface area contributed by atoms with E-state index in [0.717, 1.165) is 48.8 Å². The van der Waals surface area contributed by atoms with Gasteiger partial charge in [-0.3, -0.25) is 0 Å². The number of aliphatic hydroxyl groups is 1. The van der Waals surface area contributed by atoms with E-state index in [9.17, 15) is 5.11 Å². The lowest BCUT2D eigenvalue weighted by atomic mass is 10.1. The van der Waals surface area contributed by atoms with Crippen LogP contribution < -0.4 is 4.90 Å². The minimum Gasteiger partial charge on any atom is -0.392 e. The van der Waals surface area contributed by atoms with Gasteiger partial charge >= 0.3 is 0 Å². The SMILES string of the molecule is CCCc1cc(CO)cc(N2CCSC(C)C2)n1. The van der Waals surface area contributed by atoms with Gasteiger partial charge in [0, 0.05) is 29.8 Å². The van der Waals surface area contributed by atoms with Crippen molar-refractivity contribution in [2.24, 2.45) is 0 Å². The minimum absolute atomic E-state index is 0.102. The molecule has 2 rings (SSSR count). The number of thioether (sulfide) groups is 1. The van der Waals surface area contributed by atoms with E-state index in [4.69, 9.17) is 4.98 Å². The van der Waals surface area contributed by atoms with Crippen molar-refractivity contribution in [3.8, 4) is 0 Å². The van der Waals surface area contributed by atoms with Gasteiger partial charge in [0.05, 0.1) is 6.61 Å². The molecule has 1 aliphatic rings. The summed E-state index contributed by atoms with van der Waals surface area (Å²) in [5, 5.41) is 10.0. The third kappa shape index (κ3) is 3.39. The van der Waals surface area contributed by atoms with E-state index >= 15 is 0 Å². The largest absolute Gasteiger partial charge is 0.392 e. The maximum Gasteiger partial charge on any atom is 0.129 e. The second-order valence-corrected chi connectivity index (χ2v) is 6.41. The monoisotopic (exact) mass is 266 g/mol. The Morgan fingerprint density at radius 3 is 3.00 bits per heavy atom. The molecule has 1 aromatic rings. The summed E-state index contributed by atoms with van der Waals surface area (Å²) in [4.78, 5) is 7.08. The third-order valence-electron chi connectivity index (χ3n) is 3.18. The number of rotatable bonds is 4. The minimum atomic E-state index is 0.102. The molecule has 100 valence electrons. The Balaban J connectivity index is 2.22. The molecule has 0 spiro atoms. The Kier molecular flexibility index (Phi) is 4.89. The molecular formula is C14H22N2OS. The Morgan fingerprint density at radius 1 is 1.50 bits per heavy atom. The number of nitrogens with zero attached hydrogens (tertiary/aromatic N) is 2. The summed E-state index contributed by atoms with van der Waals surface area (Å²) in [7, 11) is 0. The first kappa shape index (κ1) is 13.7. The quantitative estimate of drug-likeness (QED) is 0.908. The van der Waals surface area contributed by atoms with Gasteiger partial charge < -0.3 is 10.0 Å². The van der Waals surface area contributed by atoms with Crippen LogP contribution in [-0.2, 0) is 13.0 Å². The smallest absolute Gasteiger partial charge is 0.129 e. The van der Waals surface area contributed by atoms with Crippen molar-refractivity contribution in [1.29, 1.82) is 0 Å². The summed E-state index contributed by atoms with van der Waals surface area (Å²) in [6.45, 7) is 6.64. The summed E-state index contributed by atoms with van der Waals surface area (Å²) < 4.78 is 0. The van der Waals surface area contributed by atoms with Gasteiger partial charge in [0.1, 0.15) is 5.82 Å². The number of aliphatic hydroxyl groups excluding tert-OH is 1. The van der Waals surface area contributed by atoms with Crippen LogP contribution in [0.3, 0.4) is 0 Å². The zero-order valence-electron chi connectivity index (χ0n) is 11.2. The maximum atomic E-state index is 9.35. The van der Waals surface area contributed by atoms with E-state index in [2.05, 4.69) is 18.7 Å². The van der Waals surface area contributed by atoms with E-state index in [-0.39, 0.29) is 6.61 Å². The number of aryl methyl sites for hydroxylation is 1. The van der Waals surface area contributed by atoms with Crippen LogP contribution in [0.1, 0.15) is 31.5 Å². The summed E-state index contributed by atoms with van der Waals surface area (Å²) in [5.41, 5.74) is 2.08. The third-order valence-corrected chi connectivity index (χ3v) is 4.31. The van der Waals surface area contributed by atoms with Crippen molar-refractivity contribution in [2.75, 3.05) is 23.7 Å². The van der Waals surface area contributed by atoms with Gasteiger partial charge in [-0.1, -0.05) is 20.3 Å². The van der Waals surface area contributed by atoms with Crippen LogP contribution in [0.25, 0.3) is 0 Å². The number of hydrogen-bond acceptors (Lipinski definition) is 4. The normalized spacial score (nSPS) is 20.2. The fourth-order valence-corrected chi connectivity index (χ4v) is 3.31. The van der Waals surface area contributed by atoms with Crippen LogP contribution >= 0.6 is 11.8 Å². The molecule has 0 aliphatic carbocycles. The first-order chi connectivity index (χ1) is 8.72. The second-order valence-electron chi connectivity index (χ2n) is 4.86. The molecular weight excluding hydrogens is 244 g/mol. The van der Waals surface area contributed by atoms with Crippen molar-refractivity contribution in [1.82, 2.24) is 4.98 Å². The van der Waals surface area contributed by atoms with Crippen molar-refractivity contribution in [2.45, 2.75) is 38.5 Å². The number of aromatic nitrogens is 1. The van der Waals surface area contributed by atoms with Crippen molar-refractivity contribution in [3.63, 3.8) is 0 Å². The van der Waals surface area contributed by atoms with Crippen LogP contribution in [0.15, 0.2) is 12.1 Å². The lowest BCUT2D eigenvalue weighted by Crippen LogP contribution is -2.37. The number of anilines is 1. The molecule has 4 heteroatoms. The number of pyridine rings is 1. The van der Waals surface area contributed by atoms with E-state index in [1.165, 1.54) is 0 Å². The van der Waals surface area contributed by atoms with Gasteiger partial charge in [0.15, 0.2) is 0 Å². The molecule has 1 aromatic heterocycles. The van der Waals surface area contributed by atoms with Gasteiger partial charge in [-0.15, -0.1) is 0 Å². The molecule has 0 saturated carbocycles. The lowest BCUT2D eigenvalue weighted by Gasteiger charge is -2.32. The van der Waals surface area contributed by atoms with Crippen molar-refractivity contribution >= 4 is 17.6 Å². The lowest BCUT2D eigenvalue weighted by molar-refractivity contribution is 0.281. The zero-order valence-corrected chi connectivity index (χ0v) is 12.0. The molecule has 0 aromatic carbocycles. The maximum absolute atomic E-state index is 9.35.